The highest BCUT2D eigenvalue weighted by Gasteiger charge is 2.21. The Labute approximate surface area is 118 Å². The van der Waals surface area contributed by atoms with E-state index in [4.69, 9.17) is 11.6 Å². The third kappa shape index (κ3) is 3.03. The first-order valence-electron chi connectivity index (χ1n) is 5.59. The molecule has 4 nitrogen and oxygen atoms in total. The summed E-state index contributed by atoms with van der Waals surface area (Å²) in [5.41, 5.74) is 0.433. The van der Waals surface area contributed by atoms with Crippen LogP contribution in [0.4, 0.5) is 0 Å². The summed E-state index contributed by atoms with van der Waals surface area (Å²) in [6, 6.07) is 5.17. The SMILES string of the molecule is O=C1CCC(NC(=O)c2cccc(Br)c2Cl)CN1. The smallest absolute Gasteiger partial charge is 0.253 e. The maximum atomic E-state index is 12.0. The predicted molar refractivity (Wildman–Crippen MR) is 72.6 cm³/mol. The second-order valence-electron chi connectivity index (χ2n) is 4.11. The zero-order valence-corrected chi connectivity index (χ0v) is 11.8. The number of nitrogens with one attached hydrogen (secondary N) is 2. The number of rotatable bonds is 2. The van der Waals surface area contributed by atoms with Crippen LogP contribution in [0.15, 0.2) is 22.7 Å². The summed E-state index contributed by atoms with van der Waals surface area (Å²) in [6.45, 7) is 0.468. The molecule has 1 atom stereocenters. The Morgan fingerprint density at radius 3 is 2.94 bits per heavy atom. The molecule has 0 aromatic heterocycles. The second-order valence-corrected chi connectivity index (χ2v) is 5.35. The molecule has 1 aromatic rings. The van der Waals surface area contributed by atoms with Crippen LogP contribution in [0, 0.1) is 0 Å². The molecule has 2 rings (SSSR count). The number of hydrogen-bond acceptors (Lipinski definition) is 2. The molecule has 0 aliphatic carbocycles. The fraction of sp³-hybridized carbons (Fsp3) is 0.333. The first-order chi connectivity index (χ1) is 8.58. The highest BCUT2D eigenvalue weighted by atomic mass is 79.9. The molecule has 0 spiro atoms. The molecular formula is C12H12BrClN2O2. The van der Waals surface area contributed by atoms with Gasteiger partial charge in [-0.05, 0) is 34.5 Å². The third-order valence-electron chi connectivity index (χ3n) is 2.80. The van der Waals surface area contributed by atoms with E-state index in [1.54, 1.807) is 18.2 Å². The van der Waals surface area contributed by atoms with Gasteiger partial charge in [0.1, 0.15) is 0 Å². The van der Waals surface area contributed by atoms with Gasteiger partial charge >= 0.3 is 0 Å². The van der Waals surface area contributed by atoms with Gasteiger partial charge in [0.15, 0.2) is 0 Å². The van der Waals surface area contributed by atoms with E-state index in [1.807, 2.05) is 0 Å². The summed E-state index contributed by atoms with van der Waals surface area (Å²) in [4.78, 5) is 23.1. The monoisotopic (exact) mass is 330 g/mol. The maximum Gasteiger partial charge on any atom is 0.253 e. The van der Waals surface area contributed by atoms with Gasteiger partial charge in [-0.1, -0.05) is 17.7 Å². The normalized spacial score (nSPS) is 19.2. The second kappa shape index (κ2) is 5.71. The van der Waals surface area contributed by atoms with Crippen molar-refractivity contribution in [2.24, 2.45) is 0 Å². The minimum absolute atomic E-state index is 0.0287. The number of hydrogen-bond donors (Lipinski definition) is 2. The summed E-state index contributed by atoms with van der Waals surface area (Å²) >= 11 is 9.33. The Morgan fingerprint density at radius 1 is 1.50 bits per heavy atom. The van der Waals surface area contributed by atoms with Crippen molar-refractivity contribution in [2.45, 2.75) is 18.9 Å². The molecule has 1 aromatic carbocycles. The molecule has 0 saturated carbocycles. The first-order valence-corrected chi connectivity index (χ1v) is 6.76. The van der Waals surface area contributed by atoms with E-state index in [2.05, 4.69) is 26.6 Å². The predicted octanol–water partition coefficient (Wildman–Crippen LogP) is 2.11. The fourth-order valence-corrected chi connectivity index (χ4v) is 2.38. The van der Waals surface area contributed by atoms with E-state index in [0.717, 1.165) is 0 Å². The summed E-state index contributed by atoms with van der Waals surface area (Å²) in [5, 5.41) is 5.98. The lowest BCUT2D eigenvalue weighted by molar-refractivity contribution is -0.122. The van der Waals surface area contributed by atoms with Crippen LogP contribution in [0.2, 0.25) is 5.02 Å². The molecule has 1 fully saturated rings. The highest BCUT2D eigenvalue weighted by Crippen LogP contribution is 2.26. The van der Waals surface area contributed by atoms with E-state index >= 15 is 0 Å². The van der Waals surface area contributed by atoms with Crippen LogP contribution >= 0.6 is 27.5 Å². The van der Waals surface area contributed by atoms with Crippen molar-refractivity contribution in [3.63, 3.8) is 0 Å². The number of benzene rings is 1. The van der Waals surface area contributed by atoms with Gasteiger partial charge in [0.2, 0.25) is 5.91 Å². The summed E-state index contributed by atoms with van der Waals surface area (Å²) in [5.74, 6) is -0.191. The lowest BCUT2D eigenvalue weighted by Gasteiger charge is -2.23. The molecule has 2 N–H and O–H groups in total. The van der Waals surface area contributed by atoms with Crippen LogP contribution in [-0.2, 0) is 4.79 Å². The minimum Gasteiger partial charge on any atom is -0.354 e. The van der Waals surface area contributed by atoms with E-state index in [0.29, 0.717) is 34.4 Å². The zero-order valence-electron chi connectivity index (χ0n) is 9.50. The van der Waals surface area contributed by atoms with E-state index < -0.39 is 0 Å². The van der Waals surface area contributed by atoms with Crippen LogP contribution in [0.3, 0.4) is 0 Å². The van der Waals surface area contributed by atoms with Crippen LogP contribution < -0.4 is 10.6 Å². The Morgan fingerprint density at radius 2 is 2.28 bits per heavy atom. The van der Waals surface area contributed by atoms with Gasteiger partial charge in [0.25, 0.3) is 5.91 Å². The topological polar surface area (TPSA) is 58.2 Å². The van der Waals surface area contributed by atoms with Crippen LogP contribution in [-0.4, -0.2) is 24.4 Å². The Balaban J connectivity index is 2.03. The Kier molecular flexibility index (Phi) is 4.24. The van der Waals surface area contributed by atoms with E-state index in [-0.39, 0.29) is 17.9 Å². The van der Waals surface area contributed by atoms with Gasteiger partial charge in [-0.3, -0.25) is 9.59 Å². The molecule has 0 bridgehead atoms. The molecule has 0 radical (unpaired) electrons. The number of amides is 2. The summed E-state index contributed by atoms with van der Waals surface area (Å²) in [7, 11) is 0. The largest absolute Gasteiger partial charge is 0.354 e. The van der Waals surface area contributed by atoms with Crippen molar-refractivity contribution in [1.29, 1.82) is 0 Å². The molecule has 1 heterocycles. The molecule has 6 heteroatoms. The molecular weight excluding hydrogens is 320 g/mol. The maximum absolute atomic E-state index is 12.0. The zero-order chi connectivity index (χ0) is 13.1. The Bertz CT molecular complexity index is 483. The van der Waals surface area contributed by atoms with Crippen molar-refractivity contribution in [3.05, 3.63) is 33.3 Å². The van der Waals surface area contributed by atoms with Crippen LogP contribution in [0.25, 0.3) is 0 Å². The van der Waals surface area contributed by atoms with E-state index in [9.17, 15) is 9.59 Å². The molecule has 1 aliphatic heterocycles. The summed E-state index contributed by atoms with van der Waals surface area (Å²) < 4.78 is 0.689. The molecule has 1 unspecified atom stereocenters. The fourth-order valence-electron chi connectivity index (χ4n) is 1.80. The van der Waals surface area contributed by atoms with Crippen molar-refractivity contribution in [1.82, 2.24) is 10.6 Å². The van der Waals surface area contributed by atoms with Crippen molar-refractivity contribution >= 4 is 39.3 Å². The first kappa shape index (κ1) is 13.4. The lowest BCUT2D eigenvalue weighted by atomic mass is 10.1. The molecule has 1 aliphatic rings. The number of carbonyl (C=O) groups excluding carboxylic acids is 2. The highest BCUT2D eigenvalue weighted by molar-refractivity contribution is 9.10. The van der Waals surface area contributed by atoms with Crippen molar-refractivity contribution in [2.75, 3.05) is 6.54 Å². The van der Waals surface area contributed by atoms with Crippen molar-refractivity contribution < 1.29 is 9.59 Å². The van der Waals surface area contributed by atoms with Gasteiger partial charge in [0, 0.05) is 23.5 Å². The average molecular weight is 332 g/mol. The molecule has 2 amide bonds. The quantitative estimate of drug-likeness (QED) is 0.872. The lowest BCUT2D eigenvalue weighted by Crippen LogP contribution is -2.47. The van der Waals surface area contributed by atoms with Crippen molar-refractivity contribution in [3.8, 4) is 0 Å². The average Bonchev–Trinajstić information content (AvgIpc) is 2.35. The molecule has 18 heavy (non-hydrogen) atoms. The van der Waals surface area contributed by atoms with Crippen LogP contribution in [0.1, 0.15) is 23.2 Å². The molecule has 96 valence electrons. The molecule has 1 saturated heterocycles. The van der Waals surface area contributed by atoms with Gasteiger partial charge in [-0.15, -0.1) is 0 Å². The number of halogens is 2. The number of piperidine rings is 1. The van der Waals surface area contributed by atoms with E-state index in [1.165, 1.54) is 0 Å². The van der Waals surface area contributed by atoms with Gasteiger partial charge in [0.05, 0.1) is 10.6 Å². The van der Waals surface area contributed by atoms with Crippen LogP contribution in [0.5, 0.6) is 0 Å². The number of carbonyl (C=O) groups is 2. The van der Waals surface area contributed by atoms with Gasteiger partial charge in [-0.25, -0.2) is 0 Å². The minimum atomic E-state index is -0.220. The summed E-state index contributed by atoms with van der Waals surface area (Å²) in [6.07, 6.45) is 1.10. The van der Waals surface area contributed by atoms with Gasteiger partial charge in [-0.2, -0.15) is 0 Å². The Hall–Kier alpha value is -1.07. The third-order valence-corrected chi connectivity index (χ3v) is 4.09. The standard InChI is InChI=1S/C12H12BrClN2O2/c13-9-3-1-2-8(11(9)14)12(18)16-7-4-5-10(17)15-6-7/h1-3,7H,4-6H2,(H,15,17)(H,16,18). The van der Waals surface area contributed by atoms with Gasteiger partial charge < -0.3 is 10.6 Å².